The van der Waals surface area contributed by atoms with E-state index in [0.29, 0.717) is 19.0 Å². The van der Waals surface area contributed by atoms with Gasteiger partial charge in [-0.05, 0) is 0 Å². The maximum Gasteiger partial charge on any atom is 0.0231 e. The van der Waals surface area contributed by atoms with Crippen LogP contribution in [-0.4, -0.2) is 19.0 Å². The van der Waals surface area contributed by atoms with Crippen LogP contribution in [0, 0.1) is 0 Å². The molecule has 0 saturated heterocycles. The third kappa shape index (κ3) is 4.78. The minimum absolute atomic E-state index is 0.339. The second-order valence-corrected chi connectivity index (χ2v) is 10.0. The van der Waals surface area contributed by atoms with Crippen molar-refractivity contribution in [2.75, 3.05) is 0 Å². The van der Waals surface area contributed by atoms with Gasteiger partial charge in [-0.2, -0.15) is 0 Å². The Balaban J connectivity index is 2.05. The van der Waals surface area contributed by atoms with Crippen LogP contribution < -0.4 is 0 Å². The molecule has 1 fully saturated rings. The van der Waals surface area contributed by atoms with Crippen LogP contribution in [-0.2, 0) is 0 Å². The zero-order valence-corrected chi connectivity index (χ0v) is 13.1. The number of hydrogen-bond donors (Lipinski definition) is 0. The lowest BCUT2D eigenvalue weighted by atomic mass is 9.99. The lowest BCUT2D eigenvalue weighted by Crippen LogP contribution is -2.15. The SMILES string of the molecule is CCC[SiH2]C1CCC([SiH2]CCC)CC1. The Labute approximate surface area is 94.9 Å². The van der Waals surface area contributed by atoms with E-state index in [-0.39, 0.29) is 0 Å². The van der Waals surface area contributed by atoms with Crippen LogP contribution >= 0.6 is 0 Å². The molecule has 0 aromatic rings. The lowest BCUT2D eigenvalue weighted by Gasteiger charge is -2.28. The predicted octanol–water partition coefficient (Wildman–Crippen LogP) is 3.13. The molecular weight excluding hydrogens is 200 g/mol. The molecule has 1 aliphatic carbocycles. The summed E-state index contributed by atoms with van der Waals surface area (Å²) < 4.78 is 0. The van der Waals surface area contributed by atoms with Crippen molar-refractivity contribution in [2.45, 2.75) is 75.5 Å². The van der Waals surface area contributed by atoms with Gasteiger partial charge >= 0.3 is 0 Å². The molecule has 0 spiro atoms. The average Bonchev–Trinajstić information content (AvgIpc) is 2.25. The molecule has 0 bridgehead atoms. The summed E-state index contributed by atoms with van der Waals surface area (Å²) in [6.45, 7) is 4.71. The van der Waals surface area contributed by atoms with E-state index in [2.05, 4.69) is 13.8 Å². The molecule has 0 radical (unpaired) electrons. The average molecular weight is 229 g/mol. The quantitative estimate of drug-likeness (QED) is 0.613. The third-order valence-electron chi connectivity index (χ3n) is 3.90. The van der Waals surface area contributed by atoms with Crippen molar-refractivity contribution in [1.29, 1.82) is 0 Å². The summed E-state index contributed by atoms with van der Waals surface area (Å²) in [4.78, 5) is 0. The van der Waals surface area contributed by atoms with Crippen molar-refractivity contribution in [3.8, 4) is 0 Å². The fourth-order valence-corrected chi connectivity index (χ4v) is 6.86. The van der Waals surface area contributed by atoms with E-state index in [1.165, 1.54) is 23.9 Å². The van der Waals surface area contributed by atoms with Crippen LogP contribution in [0.4, 0.5) is 0 Å². The molecule has 0 heterocycles. The van der Waals surface area contributed by atoms with Gasteiger partial charge in [-0.1, -0.05) is 75.5 Å². The molecule has 0 nitrogen and oxygen atoms in total. The fourth-order valence-electron chi connectivity index (χ4n) is 2.79. The lowest BCUT2D eigenvalue weighted by molar-refractivity contribution is 0.495. The molecule has 0 N–H and O–H groups in total. The number of rotatable bonds is 6. The molecule has 2 heteroatoms. The summed E-state index contributed by atoms with van der Waals surface area (Å²) in [5.41, 5.74) is 2.50. The van der Waals surface area contributed by atoms with Crippen LogP contribution in [0.25, 0.3) is 0 Å². The molecule has 0 unspecified atom stereocenters. The fraction of sp³-hybridized carbons (Fsp3) is 1.00. The van der Waals surface area contributed by atoms with E-state index in [9.17, 15) is 0 Å². The van der Waals surface area contributed by atoms with Crippen LogP contribution in [0.1, 0.15) is 52.4 Å². The molecule has 0 aromatic carbocycles. The van der Waals surface area contributed by atoms with Gasteiger partial charge in [0.25, 0.3) is 0 Å². The molecule has 1 aliphatic rings. The Morgan fingerprint density at radius 1 is 0.786 bits per heavy atom. The predicted molar refractivity (Wildman–Crippen MR) is 73.3 cm³/mol. The Morgan fingerprint density at radius 3 is 1.43 bits per heavy atom. The van der Waals surface area contributed by atoms with Gasteiger partial charge in [-0.25, -0.2) is 0 Å². The van der Waals surface area contributed by atoms with Gasteiger partial charge in [0.15, 0.2) is 0 Å². The minimum atomic E-state index is 0.339. The highest BCUT2D eigenvalue weighted by molar-refractivity contribution is 6.39. The zero-order valence-electron chi connectivity index (χ0n) is 10.2. The molecule has 0 atom stereocenters. The van der Waals surface area contributed by atoms with E-state index >= 15 is 0 Å². The third-order valence-corrected chi connectivity index (χ3v) is 9.39. The molecule has 84 valence electrons. The summed E-state index contributed by atoms with van der Waals surface area (Å²) >= 11 is 0. The van der Waals surface area contributed by atoms with E-state index in [4.69, 9.17) is 0 Å². The van der Waals surface area contributed by atoms with E-state index in [1.807, 2.05) is 0 Å². The first-order valence-corrected chi connectivity index (χ1v) is 10.5. The Kier molecular flexibility index (Phi) is 6.87. The van der Waals surface area contributed by atoms with Crippen LogP contribution in [0.15, 0.2) is 0 Å². The first-order chi connectivity index (χ1) is 6.86. The van der Waals surface area contributed by atoms with Crippen LogP contribution in [0.5, 0.6) is 0 Å². The van der Waals surface area contributed by atoms with Gasteiger partial charge in [0.2, 0.25) is 0 Å². The Hall–Kier alpha value is 0.434. The molecule has 0 amide bonds. The van der Waals surface area contributed by atoms with Gasteiger partial charge < -0.3 is 0 Å². The molecular formula is C12H28Si2. The highest BCUT2D eigenvalue weighted by Crippen LogP contribution is 2.36. The molecule has 1 saturated carbocycles. The Morgan fingerprint density at radius 2 is 1.14 bits per heavy atom. The summed E-state index contributed by atoms with van der Waals surface area (Å²) in [6, 6.07) is 3.23. The van der Waals surface area contributed by atoms with Gasteiger partial charge in [0.1, 0.15) is 0 Å². The van der Waals surface area contributed by atoms with Gasteiger partial charge in [-0.15, -0.1) is 0 Å². The summed E-state index contributed by atoms with van der Waals surface area (Å²) in [7, 11) is 0.678. The first kappa shape index (κ1) is 12.5. The standard InChI is InChI=1S/C12H28Si2/c1-3-9-13-11-5-7-12(8-6-11)14-10-4-2/h11-12H,3-10,13-14H2,1-2H3. The monoisotopic (exact) mass is 228 g/mol. The van der Waals surface area contributed by atoms with Crippen molar-refractivity contribution in [3.63, 3.8) is 0 Å². The summed E-state index contributed by atoms with van der Waals surface area (Å²) in [6.07, 6.45) is 9.44. The topological polar surface area (TPSA) is 0 Å². The Bertz CT molecular complexity index is 112. The van der Waals surface area contributed by atoms with Gasteiger partial charge in [0, 0.05) is 19.0 Å². The van der Waals surface area contributed by atoms with E-state index < -0.39 is 0 Å². The highest BCUT2D eigenvalue weighted by atomic mass is 28.2. The first-order valence-electron chi connectivity index (χ1n) is 6.86. The van der Waals surface area contributed by atoms with E-state index in [1.54, 1.807) is 37.8 Å². The molecule has 14 heavy (non-hydrogen) atoms. The molecule has 0 aromatic heterocycles. The normalized spacial score (nSPS) is 29.6. The zero-order chi connectivity index (χ0) is 10.2. The van der Waals surface area contributed by atoms with Crippen LogP contribution in [0.3, 0.4) is 0 Å². The van der Waals surface area contributed by atoms with Crippen molar-refractivity contribution < 1.29 is 0 Å². The van der Waals surface area contributed by atoms with Crippen molar-refractivity contribution >= 4 is 19.0 Å². The summed E-state index contributed by atoms with van der Waals surface area (Å²) in [5.74, 6) is 0. The second-order valence-electron chi connectivity index (χ2n) is 5.17. The maximum absolute atomic E-state index is 2.35. The molecule has 0 aliphatic heterocycles. The van der Waals surface area contributed by atoms with Crippen molar-refractivity contribution in [2.24, 2.45) is 0 Å². The van der Waals surface area contributed by atoms with Crippen molar-refractivity contribution in [1.82, 2.24) is 0 Å². The van der Waals surface area contributed by atoms with Gasteiger partial charge in [-0.3, -0.25) is 0 Å². The summed E-state index contributed by atoms with van der Waals surface area (Å²) in [5, 5.41) is 0. The van der Waals surface area contributed by atoms with Crippen molar-refractivity contribution in [3.05, 3.63) is 0 Å². The number of hydrogen-bond acceptors (Lipinski definition) is 0. The maximum atomic E-state index is 2.35. The van der Waals surface area contributed by atoms with Crippen LogP contribution in [0.2, 0.25) is 23.2 Å². The highest BCUT2D eigenvalue weighted by Gasteiger charge is 2.20. The van der Waals surface area contributed by atoms with Gasteiger partial charge in [0.05, 0.1) is 0 Å². The molecule has 1 rings (SSSR count). The minimum Gasteiger partial charge on any atom is -0.0657 e. The van der Waals surface area contributed by atoms with E-state index in [0.717, 1.165) is 0 Å². The smallest absolute Gasteiger partial charge is 0.0231 e. The second kappa shape index (κ2) is 7.69. The largest absolute Gasteiger partial charge is 0.0657 e.